The van der Waals surface area contributed by atoms with Crippen LogP contribution in [0.5, 0.6) is 0 Å². The van der Waals surface area contributed by atoms with E-state index in [4.69, 9.17) is 9.05 Å². The molecule has 1 atom stereocenters. The molecule has 112 valence electrons. The Morgan fingerprint density at radius 3 is 2.37 bits per heavy atom. The third kappa shape index (κ3) is 9.98. The highest BCUT2D eigenvalue weighted by Crippen LogP contribution is 2.51. The Morgan fingerprint density at radius 2 is 1.79 bits per heavy atom. The van der Waals surface area contributed by atoms with E-state index in [2.05, 4.69) is 20.4 Å². The molecular weight excluding hydrogens is 259 g/mol. The van der Waals surface area contributed by atoms with Gasteiger partial charge in [-0.15, -0.1) is 0 Å². The Kier molecular flexibility index (Phi) is 11.0. The molecule has 0 aromatic heterocycles. The van der Waals surface area contributed by atoms with Crippen LogP contribution in [0.3, 0.4) is 0 Å². The Labute approximate surface area is 118 Å². The van der Waals surface area contributed by atoms with Crippen LogP contribution >= 0.6 is 7.60 Å². The lowest BCUT2D eigenvalue weighted by Gasteiger charge is -2.19. The molecule has 1 unspecified atom stereocenters. The zero-order valence-electron chi connectivity index (χ0n) is 12.7. The van der Waals surface area contributed by atoms with E-state index in [9.17, 15) is 4.57 Å². The molecule has 0 aromatic rings. The van der Waals surface area contributed by atoms with E-state index in [0.717, 1.165) is 38.5 Å². The molecule has 0 saturated heterocycles. The first-order valence-electron chi connectivity index (χ1n) is 7.32. The highest BCUT2D eigenvalue weighted by Gasteiger charge is 2.25. The van der Waals surface area contributed by atoms with Gasteiger partial charge in [0.15, 0.2) is 0 Å². The summed E-state index contributed by atoms with van der Waals surface area (Å²) in [6.07, 6.45) is 10.1. The topological polar surface area (TPSA) is 35.5 Å². The Bertz CT molecular complexity index is 311. The first-order chi connectivity index (χ1) is 9.08. The largest absolute Gasteiger partial charge is 0.425 e. The molecule has 0 spiro atoms. The van der Waals surface area contributed by atoms with E-state index < -0.39 is 7.60 Å². The van der Waals surface area contributed by atoms with E-state index in [-0.39, 0.29) is 0 Å². The van der Waals surface area contributed by atoms with Crippen molar-refractivity contribution in [2.75, 3.05) is 12.8 Å². The van der Waals surface area contributed by atoms with Crippen molar-refractivity contribution in [3.8, 4) is 0 Å². The molecule has 0 radical (unpaired) electrons. The van der Waals surface area contributed by atoms with Gasteiger partial charge in [0.1, 0.15) is 5.76 Å². The van der Waals surface area contributed by atoms with Crippen molar-refractivity contribution in [2.24, 2.45) is 0 Å². The molecule has 0 aliphatic carbocycles. The maximum Gasteiger partial charge on any atom is 0.379 e. The smallest absolute Gasteiger partial charge is 0.379 e. The van der Waals surface area contributed by atoms with Crippen molar-refractivity contribution in [2.45, 2.75) is 59.3 Å². The molecule has 0 fully saturated rings. The molecule has 19 heavy (non-hydrogen) atoms. The third-order valence-corrected chi connectivity index (χ3v) is 4.63. The number of rotatable bonds is 12. The fourth-order valence-electron chi connectivity index (χ4n) is 1.64. The van der Waals surface area contributed by atoms with Gasteiger partial charge in [-0.1, -0.05) is 52.2 Å². The molecule has 3 nitrogen and oxygen atoms in total. The van der Waals surface area contributed by atoms with Crippen LogP contribution in [0.1, 0.15) is 59.3 Å². The molecule has 0 aliphatic heterocycles. The molecule has 0 heterocycles. The summed E-state index contributed by atoms with van der Waals surface area (Å²) in [6, 6.07) is 0. The highest BCUT2D eigenvalue weighted by atomic mass is 31.2. The van der Waals surface area contributed by atoms with Crippen molar-refractivity contribution in [3.05, 3.63) is 24.5 Å². The predicted molar refractivity (Wildman–Crippen MR) is 82.5 cm³/mol. The summed E-state index contributed by atoms with van der Waals surface area (Å²) in [5.74, 6) is 0.415. The summed E-state index contributed by atoms with van der Waals surface area (Å²) in [5.41, 5.74) is 0. The van der Waals surface area contributed by atoms with Gasteiger partial charge in [0.25, 0.3) is 0 Å². The molecule has 0 N–H and O–H groups in total. The third-order valence-electron chi connectivity index (χ3n) is 2.68. The van der Waals surface area contributed by atoms with Crippen molar-refractivity contribution in [1.82, 2.24) is 0 Å². The van der Waals surface area contributed by atoms with Gasteiger partial charge >= 0.3 is 7.60 Å². The van der Waals surface area contributed by atoms with E-state index in [1.54, 1.807) is 6.08 Å². The molecule has 0 aliphatic rings. The fourth-order valence-corrected chi connectivity index (χ4v) is 3.35. The quantitative estimate of drug-likeness (QED) is 0.200. The molecular formula is C15H29O3P. The normalized spacial score (nSPS) is 14.5. The van der Waals surface area contributed by atoms with Gasteiger partial charge < -0.3 is 4.52 Å². The van der Waals surface area contributed by atoms with Crippen molar-refractivity contribution in [3.63, 3.8) is 0 Å². The van der Waals surface area contributed by atoms with Crippen molar-refractivity contribution >= 4 is 7.60 Å². The van der Waals surface area contributed by atoms with Crippen LogP contribution in [0.25, 0.3) is 0 Å². The van der Waals surface area contributed by atoms with E-state index >= 15 is 0 Å². The number of allylic oxidation sites excluding steroid dienone is 2. The van der Waals surface area contributed by atoms with Gasteiger partial charge in [-0.3, -0.25) is 4.52 Å². The first kappa shape index (κ1) is 18.5. The monoisotopic (exact) mass is 288 g/mol. The SMILES string of the molecule is C=C(/C=C\C)OP(=O)(CCCCC)OCCCCC. The minimum absolute atomic E-state index is 0.415. The maximum absolute atomic E-state index is 12.6. The number of unbranched alkanes of at least 4 members (excludes halogenated alkanes) is 4. The lowest BCUT2D eigenvalue weighted by Crippen LogP contribution is -2.01. The fraction of sp³-hybridized carbons (Fsp3) is 0.733. The van der Waals surface area contributed by atoms with Gasteiger partial charge in [0.05, 0.1) is 12.8 Å². The molecule has 0 rings (SSSR count). The standard InChI is InChI=1S/C15H29O3P/c1-5-8-10-13-17-19(16,14-11-9-6-2)18-15(4)12-7-3/h7,12H,4-6,8-11,13-14H2,1-3H3/b12-7-. The summed E-state index contributed by atoms with van der Waals surface area (Å²) in [6.45, 7) is 10.4. The van der Waals surface area contributed by atoms with Crippen LogP contribution in [-0.4, -0.2) is 12.8 Å². The first-order valence-corrected chi connectivity index (χ1v) is 9.05. The molecule has 4 heteroatoms. The summed E-state index contributed by atoms with van der Waals surface area (Å²) >= 11 is 0. The van der Waals surface area contributed by atoms with Crippen LogP contribution in [0, 0.1) is 0 Å². The second-order valence-corrected chi connectivity index (χ2v) is 6.75. The Balaban J connectivity index is 4.35. The van der Waals surface area contributed by atoms with Crippen molar-refractivity contribution in [1.29, 1.82) is 0 Å². The second-order valence-electron chi connectivity index (χ2n) is 4.64. The minimum atomic E-state index is -3.03. The lowest BCUT2D eigenvalue weighted by atomic mass is 10.3. The summed E-state index contributed by atoms with van der Waals surface area (Å²) < 4.78 is 23.6. The molecule has 0 saturated carbocycles. The van der Waals surface area contributed by atoms with Gasteiger partial charge in [-0.25, -0.2) is 4.57 Å². The number of hydrogen-bond acceptors (Lipinski definition) is 3. The predicted octanol–water partition coefficient (Wildman–Crippen LogP) is 5.68. The van der Waals surface area contributed by atoms with E-state index in [1.807, 2.05) is 13.0 Å². The van der Waals surface area contributed by atoms with E-state index in [1.165, 1.54) is 0 Å². The number of hydrogen-bond donors (Lipinski definition) is 0. The maximum atomic E-state index is 12.6. The van der Waals surface area contributed by atoms with Gasteiger partial charge in [-0.05, 0) is 25.8 Å². The summed E-state index contributed by atoms with van der Waals surface area (Å²) in [7, 11) is -3.03. The van der Waals surface area contributed by atoms with Crippen LogP contribution in [0.2, 0.25) is 0 Å². The zero-order valence-corrected chi connectivity index (χ0v) is 13.6. The van der Waals surface area contributed by atoms with Crippen LogP contribution in [-0.2, 0) is 13.6 Å². The minimum Gasteiger partial charge on any atom is -0.425 e. The highest BCUT2D eigenvalue weighted by molar-refractivity contribution is 7.53. The lowest BCUT2D eigenvalue weighted by molar-refractivity contribution is 0.237. The molecule has 0 amide bonds. The molecule has 0 aromatic carbocycles. The van der Waals surface area contributed by atoms with E-state index in [0.29, 0.717) is 18.5 Å². The Morgan fingerprint density at radius 1 is 1.16 bits per heavy atom. The second kappa shape index (κ2) is 11.3. The average molecular weight is 288 g/mol. The van der Waals surface area contributed by atoms with Crippen LogP contribution in [0.15, 0.2) is 24.5 Å². The Hall–Kier alpha value is -0.530. The summed E-state index contributed by atoms with van der Waals surface area (Å²) in [4.78, 5) is 0. The van der Waals surface area contributed by atoms with Crippen molar-refractivity contribution < 1.29 is 13.6 Å². The molecule has 0 bridgehead atoms. The summed E-state index contributed by atoms with van der Waals surface area (Å²) in [5, 5.41) is 0. The zero-order chi connectivity index (χ0) is 14.6. The van der Waals surface area contributed by atoms with Crippen LogP contribution < -0.4 is 0 Å². The average Bonchev–Trinajstić information content (AvgIpc) is 2.35. The van der Waals surface area contributed by atoms with Gasteiger partial charge in [0, 0.05) is 0 Å². The van der Waals surface area contributed by atoms with Gasteiger partial charge in [-0.2, -0.15) is 0 Å². The van der Waals surface area contributed by atoms with Gasteiger partial charge in [0.2, 0.25) is 0 Å². The van der Waals surface area contributed by atoms with Crippen LogP contribution in [0.4, 0.5) is 0 Å².